The van der Waals surface area contributed by atoms with E-state index in [1.165, 1.54) is 0 Å². The maximum absolute atomic E-state index is 11.6. The highest BCUT2D eigenvalue weighted by Gasteiger charge is 2.41. The first-order valence-corrected chi connectivity index (χ1v) is 9.42. The van der Waals surface area contributed by atoms with Gasteiger partial charge in [0.15, 0.2) is 9.84 Å². The number of aliphatic carboxylic acids is 1. The summed E-state index contributed by atoms with van der Waals surface area (Å²) in [5.41, 5.74) is -0.948. The van der Waals surface area contributed by atoms with E-state index in [-0.39, 0.29) is 23.6 Å². The first kappa shape index (κ1) is 16.7. The Hall–Kier alpha value is -0.660. The highest BCUT2D eigenvalue weighted by Crippen LogP contribution is 2.27. The van der Waals surface area contributed by atoms with Gasteiger partial charge in [-0.25, -0.2) is 8.42 Å². The highest BCUT2D eigenvalue weighted by atomic mass is 32.2. The van der Waals surface area contributed by atoms with E-state index in [0.717, 1.165) is 12.8 Å². The summed E-state index contributed by atoms with van der Waals surface area (Å²) in [4.78, 5) is 13.7. The zero-order chi connectivity index (χ0) is 15.8. The van der Waals surface area contributed by atoms with Crippen molar-refractivity contribution in [1.29, 1.82) is 0 Å². The molecule has 0 amide bonds. The van der Waals surface area contributed by atoms with Gasteiger partial charge in [0.25, 0.3) is 0 Å². The van der Waals surface area contributed by atoms with Gasteiger partial charge in [-0.05, 0) is 40.0 Å². The van der Waals surface area contributed by atoms with Gasteiger partial charge in [0.1, 0.15) is 5.54 Å². The van der Waals surface area contributed by atoms with E-state index in [1.807, 2.05) is 13.8 Å². The molecule has 0 aromatic rings. The van der Waals surface area contributed by atoms with Crippen molar-refractivity contribution >= 4 is 15.8 Å². The van der Waals surface area contributed by atoms with Gasteiger partial charge in [0.2, 0.25) is 0 Å². The van der Waals surface area contributed by atoms with E-state index >= 15 is 0 Å². The van der Waals surface area contributed by atoms with E-state index in [4.69, 9.17) is 0 Å². The van der Waals surface area contributed by atoms with Crippen molar-refractivity contribution in [3.8, 4) is 0 Å². The monoisotopic (exact) mass is 318 g/mol. The van der Waals surface area contributed by atoms with E-state index in [9.17, 15) is 18.3 Å². The molecule has 1 saturated carbocycles. The van der Waals surface area contributed by atoms with E-state index in [1.54, 1.807) is 6.92 Å². The van der Waals surface area contributed by atoms with Crippen LogP contribution in [-0.2, 0) is 14.6 Å². The smallest absolute Gasteiger partial charge is 0.323 e. The number of sulfone groups is 1. The second kappa shape index (κ2) is 5.85. The molecule has 0 aromatic heterocycles. The van der Waals surface area contributed by atoms with E-state index in [0.29, 0.717) is 19.0 Å². The van der Waals surface area contributed by atoms with Gasteiger partial charge in [-0.1, -0.05) is 0 Å². The Labute approximate surface area is 126 Å². The molecular formula is C14H26N2O4S. The second-order valence-electron chi connectivity index (χ2n) is 6.81. The number of hydrogen-bond donors (Lipinski definition) is 2. The van der Waals surface area contributed by atoms with Crippen molar-refractivity contribution in [1.82, 2.24) is 10.2 Å². The van der Waals surface area contributed by atoms with Crippen molar-refractivity contribution < 1.29 is 18.3 Å². The zero-order valence-electron chi connectivity index (χ0n) is 13.0. The number of carboxylic acids is 1. The molecule has 122 valence electrons. The Kier molecular flexibility index (Phi) is 4.66. The summed E-state index contributed by atoms with van der Waals surface area (Å²) in [6.07, 6.45) is 2.55. The minimum absolute atomic E-state index is 0.0304. The molecule has 3 unspecified atom stereocenters. The minimum Gasteiger partial charge on any atom is -0.480 e. The Bertz CT molecular complexity index is 503. The minimum atomic E-state index is -2.94. The first-order valence-electron chi connectivity index (χ1n) is 7.60. The van der Waals surface area contributed by atoms with Crippen molar-refractivity contribution in [3.63, 3.8) is 0 Å². The molecule has 0 radical (unpaired) electrons. The van der Waals surface area contributed by atoms with Crippen LogP contribution in [0.1, 0.15) is 40.0 Å². The van der Waals surface area contributed by atoms with Gasteiger partial charge in [0.05, 0.1) is 11.5 Å². The van der Waals surface area contributed by atoms with Crippen LogP contribution in [0, 0.1) is 0 Å². The number of nitrogens with zero attached hydrogens (tertiary/aromatic N) is 1. The predicted octanol–water partition coefficient (Wildman–Crippen LogP) is 0.479. The molecule has 6 nitrogen and oxygen atoms in total. The topological polar surface area (TPSA) is 86.7 Å². The molecule has 2 N–H and O–H groups in total. The van der Waals surface area contributed by atoms with Crippen LogP contribution in [0.3, 0.4) is 0 Å². The first-order chi connectivity index (χ1) is 9.63. The SMILES string of the molecule is CC(CC(C)(NC1CC1)C(=O)O)N1CCS(=O)(=O)CC1C. The Morgan fingerprint density at radius 1 is 1.48 bits per heavy atom. The van der Waals surface area contributed by atoms with Gasteiger partial charge >= 0.3 is 5.97 Å². The normalized spacial score (nSPS) is 30.5. The van der Waals surface area contributed by atoms with Crippen LogP contribution in [0.25, 0.3) is 0 Å². The van der Waals surface area contributed by atoms with Crippen LogP contribution in [0.4, 0.5) is 0 Å². The van der Waals surface area contributed by atoms with Crippen LogP contribution in [0.5, 0.6) is 0 Å². The van der Waals surface area contributed by atoms with Gasteiger partial charge in [-0.15, -0.1) is 0 Å². The third kappa shape index (κ3) is 4.17. The molecule has 2 fully saturated rings. The average molecular weight is 318 g/mol. The molecule has 1 heterocycles. The molecule has 7 heteroatoms. The average Bonchev–Trinajstić information content (AvgIpc) is 3.10. The highest BCUT2D eigenvalue weighted by molar-refractivity contribution is 7.91. The van der Waals surface area contributed by atoms with Crippen LogP contribution >= 0.6 is 0 Å². The molecule has 0 spiro atoms. The lowest BCUT2D eigenvalue weighted by atomic mass is 9.92. The summed E-state index contributed by atoms with van der Waals surface area (Å²) >= 11 is 0. The maximum atomic E-state index is 11.6. The summed E-state index contributed by atoms with van der Waals surface area (Å²) in [6, 6.07) is 0.290. The van der Waals surface area contributed by atoms with Crippen molar-refractivity contribution in [2.75, 3.05) is 18.1 Å². The Morgan fingerprint density at radius 2 is 2.10 bits per heavy atom. The van der Waals surface area contributed by atoms with Gasteiger partial charge in [0, 0.05) is 24.7 Å². The van der Waals surface area contributed by atoms with Crippen LogP contribution < -0.4 is 5.32 Å². The molecule has 0 aromatic carbocycles. The van der Waals surface area contributed by atoms with Gasteiger partial charge in [-0.3, -0.25) is 15.0 Å². The third-order valence-electron chi connectivity index (χ3n) is 4.56. The summed E-state index contributed by atoms with van der Waals surface area (Å²) in [6.45, 7) is 6.11. The molecule has 1 saturated heterocycles. The standard InChI is InChI=1S/C14H26N2O4S/c1-10(16-6-7-21(19,20)9-11(16)2)8-14(3,13(17)18)15-12-4-5-12/h10-12,15H,4-9H2,1-3H3,(H,17,18). The van der Waals surface area contributed by atoms with Crippen LogP contribution in [-0.4, -0.2) is 66.1 Å². The maximum Gasteiger partial charge on any atom is 0.323 e. The van der Waals surface area contributed by atoms with Crippen LogP contribution in [0.2, 0.25) is 0 Å². The molecule has 1 aliphatic heterocycles. The van der Waals surface area contributed by atoms with E-state index < -0.39 is 21.3 Å². The fraction of sp³-hybridized carbons (Fsp3) is 0.929. The fourth-order valence-corrected chi connectivity index (χ4v) is 4.84. The lowest BCUT2D eigenvalue weighted by Gasteiger charge is -2.40. The predicted molar refractivity (Wildman–Crippen MR) is 81.1 cm³/mol. The fourth-order valence-electron chi connectivity index (χ4n) is 3.26. The summed E-state index contributed by atoms with van der Waals surface area (Å²) in [7, 11) is -2.94. The number of nitrogens with one attached hydrogen (secondary N) is 1. The molecule has 3 atom stereocenters. The van der Waals surface area contributed by atoms with Crippen molar-refractivity contribution in [2.24, 2.45) is 0 Å². The summed E-state index contributed by atoms with van der Waals surface area (Å²) in [5.74, 6) is -0.503. The molecule has 0 bridgehead atoms. The lowest BCUT2D eigenvalue weighted by Crippen LogP contribution is -2.57. The van der Waals surface area contributed by atoms with Gasteiger partial charge < -0.3 is 5.11 Å². The molecule has 1 aliphatic carbocycles. The van der Waals surface area contributed by atoms with Crippen LogP contribution in [0.15, 0.2) is 0 Å². The zero-order valence-corrected chi connectivity index (χ0v) is 13.8. The molecule has 2 rings (SSSR count). The largest absolute Gasteiger partial charge is 0.480 e. The molecule has 21 heavy (non-hydrogen) atoms. The summed E-state index contributed by atoms with van der Waals surface area (Å²) in [5, 5.41) is 12.8. The summed E-state index contributed by atoms with van der Waals surface area (Å²) < 4.78 is 23.3. The quantitative estimate of drug-likeness (QED) is 0.741. The lowest BCUT2D eigenvalue weighted by molar-refractivity contribution is -0.145. The van der Waals surface area contributed by atoms with Crippen molar-refractivity contribution in [3.05, 3.63) is 0 Å². The van der Waals surface area contributed by atoms with Gasteiger partial charge in [-0.2, -0.15) is 0 Å². The Morgan fingerprint density at radius 3 is 2.57 bits per heavy atom. The van der Waals surface area contributed by atoms with Crippen molar-refractivity contribution in [2.45, 2.75) is 63.7 Å². The third-order valence-corrected chi connectivity index (χ3v) is 6.36. The molecule has 2 aliphatic rings. The Balaban J connectivity index is 2.01. The number of carbonyl (C=O) groups is 1. The number of rotatable bonds is 6. The van der Waals surface area contributed by atoms with E-state index in [2.05, 4.69) is 10.2 Å². The number of hydrogen-bond acceptors (Lipinski definition) is 5. The number of carboxylic acid groups (broad SMARTS) is 1. The molecular weight excluding hydrogens is 292 g/mol. The second-order valence-corrected chi connectivity index (χ2v) is 9.04.